The fourth-order valence-corrected chi connectivity index (χ4v) is 6.72. The van der Waals surface area contributed by atoms with E-state index in [1.807, 2.05) is 0 Å². The first-order chi connectivity index (χ1) is 17.8. The topological polar surface area (TPSA) is 6.48 Å². The summed E-state index contributed by atoms with van der Waals surface area (Å²) in [5.74, 6) is 0.726. The summed E-state index contributed by atoms with van der Waals surface area (Å²) in [7, 11) is 0. The largest absolute Gasteiger partial charge is 0.325 e. The van der Waals surface area contributed by atoms with Gasteiger partial charge in [0.05, 0.1) is 0 Å². The number of hydrogen-bond donors (Lipinski definition) is 0. The number of rotatable bonds is 1. The van der Waals surface area contributed by atoms with Crippen molar-refractivity contribution in [1.82, 2.24) is 0 Å². The van der Waals surface area contributed by atoms with Gasteiger partial charge in [0, 0.05) is 36.1 Å². The molecule has 0 amide bonds. The Morgan fingerprint density at radius 3 is 2.11 bits per heavy atom. The lowest BCUT2D eigenvalue weighted by Gasteiger charge is -2.41. The highest BCUT2D eigenvalue weighted by molar-refractivity contribution is 5.76. The first-order valence-electron chi connectivity index (χ1n) is 13.0. The molecule has 2 heterocycles. The second-order valence-corrected chi connectivity index (χ2v) is 10.2. The summed E-state index contributed by atoms with van der Waals surface area (Å²) in [6.45, 7) is 4.81. The Balaban J connectivity index is 1.39. The number of fused-ring (bicyclic) bond motifs is 9. The minimum Gasteiger partial charge on any atom is -0.325 e. The molecular formula is C34H30N2. The standard InChI is InChI=1S/C34H30N2/c1-24-23-33-35(26-12-3-2-4-13-26)21-22-36(33)32-18-10-5-11-25(32)19-20-31-29-16-7-6-14-27(29)28-15-8-9-17-30(28)34(24)31/h2-18,21-22,31,33-34H,1,19-20,23H2. The summed E-state index contributed by atoms with van der Waals surface area (Å²) in [6.07, 6.45) is 7.70. The summed E-state index contributed by atoms with van der Waals surface area (Å²) in [5, 5.41) is 0. The fraction of sp³-hybridized carbons (Fsp3) is 0.176. The van der Waals surface area contributed by atoms with Gasteiger partial charge in [0.1, 0.15) is 6.17 Å². The Labute approximate surface area is 213 Å². The third kappa shape index (κ3) is 3.32. The van der Waals surface area contributed by atoms with E-state index in [-0.39, 0.29) is 6.17 Å². The maximum atomic E-state index is 4.81. The van der Waals surface area contributed by atoms with Crippen molar-refractivity contribution < 1.29 is 0 Å². The quantitative estimate of drug-likeness (QED) is 0.261. The molecule has 0 saturated heterocycles. The highest BCUT2D eigenvalue weighted by Gasteiger charge is 2.39. The number of aryl methyl sites for hydroxylation is 1. The first-order valence-corrected chi connectivity index (χ1v) is 13.0. The van der Waals surface area contributed by atoms with Crippen LogP contribution in [0.4, 0.5) is 11.4 Å². The van der Waals surface area contributed by atoms with E-state index >= 15 is 0 Å². The zero-order chi connectivity index (χ0) is 24.1. The highest BCUT2D eigenvalue weighted by Crippen LogP contribution is 2.53. The van der Waals surface area contributed by atoms with E-state index in [1.54, 1.807) is 0 Å². The molecule has 2 heteroatoms. The lowest BCUT2D eigenvalue weighted by atomic mass is 9.66. The third-order valence-corrected chi connectivity index (χ3v) is 8.31. The number of hydrogen-bond acceptors (Lipinski definition) is 2. The Morgan fingerprint density at radius 2 is 1.28 bits per heavy atom. The highest BCUT2D eigenvalue weighted by atomic mass is 15.4. The monoisotopic (exact) mass is 466 g/mol. The number of anilines is 2. The minimum absolute atomic E-state index is 0.157. The van der Waals surface area contributed by atoms with Crippen LogP contribution in [0.2, 0.25) is 0 Å². The molecule has 0 saturated carbocycles. The van der Waals surface area contributed by atoms with Crippen molar-refractivity contribution in [3.8, 4) is 11.1 Å². The molecule has 3 atom stereocenters. The Kier molecular flexibility index (Phi) is 5.06. The zero-order valence-corrected chi connectivity index (χ0v) is 20.4. The molecule has 0 N–H and O–H groups in total. The van der Waals surface area contributed by atoms with E-state index in [9.17, 15) is 0 Å². The van der Waals surface area contributed by atoms with E-state index in [2.05, 4.69) is 125 Å². The lowest BCUT2D eigenvalue weighted by molar-refractivity contribution is 0.514. The van der Waals surface area contributed by atoms with Crippen LogP contribution in [0.15, 0.2) is 128 Å². The summed E-state index contributed by atoms with van der Waals surface area (Å²) in [5.41, 5.74) is 10.9. The predicted molar refractivity (Wildman–Crippen MR) is 150 cm³/mol. The van der Waals surface area contributed by atoms with E-state index < -0.39 is 0 Å². The van der Waals surface area contributed by atoms with E-state index in [0.717, 1.165) is 19.3 Å². The molecule has 4 aromatic carbocycles. The number of para-hydroxylation sites is 2. The van der Waals surface area contributed by atoms with Gasteiger partial charge in [-0.15, -0.1) is 0 Å². The van der Waals surface area contributed by atoms with Crippen molar-refractivity contribution >= 4 is 11.4 Å². The Morgan fingerprint density at radius 1 is 0.639 bits per heavy atom. The average Bonchev–Trinajstić information content (AvgIpc) is 3.35. The third-order valence-electron chi connectivity index (χ3n) is 8.31. The van der Waals surface area contributed by atoms with Gasteiger partial charge in [0.15, 0.2) is 0 Å². The minimum atomic E-state index is 0.157. The van der Waals surface area contributed by atoms with Crippen LogP contribution < -0.4 is 9.80 Å². The Hall–Kier alpha value is -4.04. The zero-order valence-electron chi connectivity index (χ0n) is 20.4. The van der Waals surface area contributed by atoms with E-state index in [0.29, 0.717) is 11.8 Å². The van der Waals surface area contributed by atoms with Crippen molar-refractivity contribution in [3.05, 3.63) is 144 Å². The fourth-order valence-electron chi connectivity index (χ4n) is 6.72. The van der Waals surface area contributed by atoms with Crippen LogP contribution in [-0.4, -0.2) is 6.17 Å². The molecule has 4 aromatic rings. The smallest absolute Gasteiger partial charge is 0.114 e. The van der Waals surface area contributed by atoms with Crippen LogP contribution >= 0.6 is 0 Å². The molecule has 0 aromatic heterocycles. The van der Waals surface area contributed by atoms with Gasteiger partial charge in [-0.05, 0) is 64.8 Å². The van der Waals surface area contributed by atoms with Crippen molar-refractivity contribution in [1.29, 1.82) is 0 Å². The SMILES string of the molecule is C=C1CC2N(c3ccccc3)C=CN2c2ccccc2CCC2c3ccccc3-c3ccccc3C12. The van der Waals surface area contributed by atoms with Crippen molar-refractivity contribution in [2.45, 2.75) is 37.3 Å². The second-order valence-electron chi connectivity index (χ2n) is 10.2. The van der Waals surface area contributed by atoms with Crippen LogP contribution in [0.25, 0.3) is 11.1 Å². The van der Waals surface area contributed by atoms with Crippen molar-refractivity contribution in [2.24, 2.45) is 0 Å². The van der Waals surface area contributed by atoms with Crippen molar-refractivity contribution in [2.75, 3.05) is 9.80 Å². The van der Waals surface area contributed by atoms with E-state index in [1.165, 1.54) is 44.8 Å². The summed E-state index contributed by atoms with van der Waals surface area (Å²) in [4.78, 5) is 4.89. The molecule has 0 bridgehead atoms. The van der Waals surface area contributed by atoms with Gasteiger partial charge in [-0.3, -0.25) is 0 Å². The maximum Gasteiger partial charge on any atom is 0.114 e. The molecule has 0 fully saturated rings. The van der Waals surface area contributed by atoms with Gasteiger partial charge in [-0.25, -0.2) is 0 Å². The molecule has 36 heavy (non-hydrogen) atoms. The summed E-state index contributed by atoms with van der Waals surface area (Å²) in [6, 6.07) is 37.8. The summed E-state index contributed by atoms with van der Waals surface area (Å²) < 4.78 is 0. The van der Waals surface area contributed by atoms with Gasteiger partial charge < -0.3 is 9.80 Å². The first kappa shape index (κ1) is 21.3. The van der Waals surface area contributed by atoms with Crippen molar-refractivity contribution in [3.63, 3.8) is 0 Å². The van der Waals surface area contributed by atoms with Gasteiger partial charge in [0.2, 0.25) is 0 Å². The van der Waals surface area contributed by atoms with Gasteiger partial charge in [-0.1, -0.05) is 97.1 Å². The molecular weight excluding hydrogens is 436 g/mol. The van der Waals surface area contributed by atoms with Crippen LogP contribution in [0.3, 0.4) is 0 Å². The molecule has 3 aliphatic rings. The number of benzene rings is 4. The number of nitrogens with zero attached hydrogens (tertiary/aromatic N) is 2. The predicted octanol–water partition coefficient (Wildman–Crippen LogP) is 8.25. The molecule has 0 spiro atoms. The van der Waals surface area contributed by atoms with Gasteiger partial charge in [-0.2, -0.15) is 0 Å². The van der Waals surface area contributed by atoms with Gasteiger partial charge in [0.25, 0.3) is 0 Å². The average molecular weight is 467 g/mol. The molecule has 2 nitrogen and oxygen atoms in total. The van der Waals surface area contributed by atoms with Crippen LogP contribution in [0, 0.1) is 0 Å². The van der Waals surface area contributed by atoms with Crippen LogP contribution in [-0.2, 0) is 6.42 Å². The van der Waals surface area contributed by atoms with Gasteiger partial charge >= 0.3 is 0 Å². The molecule has 0 radical (unpaired) electrons. The van der Waals surface area contributed by atoms with E-state index in [4.69, 9.17) is 6.58 Å². The Bertz CT molecular complexity index is 1470. The molecule has 3 unspecified atom stereocenters. The molecule has 7 rings (SSSR count). The molecule has 176 valence electrons. The lowest BCUT2D eigenvalue weighted by Crippen LogP contribution is -2.40. The molecule has 1 aliphatic carbocycles. The van der Waals surface area contributed by atoms with Crippen LogP contribution in [0.5, 0.6) is 0 Å². The second kappa shape index (κ2) is 8.57. The normalized spacial score (nSPS) is 22.2. The maximum absolute atomic E-state index is 4.81. The van der Waals surface area contributed by atoms with Crippen LogP contribution in [0.1, 0.15) is 41.4 Å². The molecule has 2 aliphatic heterocycles. The summed E-state index contributed by atoms with van der Waals surface area (Å²) >= 11 is 0.